The van der Waals surface area contributed by atoms with Crippen LogP contribution in [0.5, 0.6) is 0 Å². The van der Waals surface area contributed by atoms with Gasteiger partial charge < -0.3 is 9.09 Å². The van der Waals surface area contributed by atoms with Crippen LogP contribution in [0.15, 0.2) is 68.4 Å². The molecule has 8 nitrogen and oxygen atoms in total. The molecule has 3 heterocycles. The Morgan fingerprint density at radius 1 is 1.22 bits per heavy atom. The monoisotopic (exact) mass is 401 g/mol. The van der Waals surface area contributed by atoms with E-state index in [1.165, 1.54) is 24.0 Å². The van der Waals surface area contributed by atoms with Crippen LogP contribution in [0, 0.1) is 6.92 Å². The highest BCUT2D eigenvalue weighted by Gasteiger charge is 2.19. The van der Waals surface area contributed by atoms with Crippen molar-refractivity contribution in [1.29, 1.82) is 0 Å². The van der Waals surface area contributed by atoms with Gasteiger partial charge in [-0.25, -0.2) is 18.4 Å². The maximum Gasteiger partial charge on any atom is 0.263 e. The Labute approximate surface area is 159 Å². The molecule has 1 N–H and O–H groups in total. The highest BCUT2D eigenvalue weighted by atomic mass is 32.2. The van der Waals surface area contributed by atoms with Gasteiger partial charge in [0.05, 0.1) is 23.0 Å². The molecule has 0 amide bonds. The first-order valence-electron chi connectivity index (χ1n) is 7.93. The lowest BCUT2D eigenvalue weighted by atomic mass is 10.3. The summed E-state index contributed by atoms with van der Waals surface area (Å²) in [4.78, 5) is 9.09. The molecule has 138 valence electrons. The third kappa shape index (κ3) is 3.40. The molecule has 0 aliphatic rings. The Bertz CT molecular complexity index is 1230. The lowest BCUT2D eigenvalue weighted by Crippen LogP contribution is -2.13. The number of fused-ring (bicyclic) bond motifs is 1. The molecule has 1 aromatic carbocycles. The zero-order chi connectivity index (χ0) is 19.0. The van der Waals surface area contributed by atoms with Gasteiger partial charge in [-0.2, -0.15) is 0 Å². The number of pyridine rings is 1. The van der Waals surface area contributed by atoms with E-state index in [4.69, 9.17) is 4.52 Å². The topological polar surface area (TPSA) is 103 Å². The second-order valence-electron chi connectivity index (χ2n) is 5.82. The summed E-state index contributed by atoms with van der Waals surface area (Å²) < 4.78 is 35.3. The van der Waals surface area contributed by atoms with Gasteiger partial charge in [0, 0.05) is 24.3 Å². The van der Waals surface area contributed by atoms with E-state index in [1.54, 1.807) is 25.3 Å². The zero-order valence-corrected chi connectivity index (χ0v) is 16.1. The van der Waals surface area contributed by atoms with E-state index in [0.29, 0.717) is 22.5 Å². The molecule has 0 fully saturated rings. The third-order valence-electron chi connectivity index (χ3n) is 3.90. The Hall–Kier alpha value is -2.85. The highest BCUT2D eigenvalue weighted by Crippen LogP contribution is 2.33. The fourth-order valence-corrected chi connectivity index (χ4v) is 4.47. The molecule has 0 aliphatic heterocycles. The number of aryl methyl sites for hydroxylation is 2. The first-order valence-corrected chi connectivity index (χ1v) is 10.2. The molecule has 4 rings (SSSR count). The van der Waals surface area contributed by atoms with Gasteiger partial charge in [0.2, 0.25) is 0 Å². The van der Waals surface area contributed by atoms with Crippen molar-refractivity contribution in [3.05, 3.63) is 54.6 Å². The summed E-state index contributed by atoms with van der Waals surface area (Å²) >= 11 is 1.37. The summed E-state index contributed by atoms with van der Waals surface area (Å²) in [5.41, 5.74) is 1.35. The Morgan fingerprint density at radius 2 is 2.04 bits per heavy atom. The van der Waals surface area contributed by atoms with E-state index in [-0.39, 0.29) is 4.90 Å². The minimum Gasteiger partial charge on any atom is -0.336 e. The smallest absolute Gasteiger partial charge is 0.263 e. The van der Waals surface area contributed by atoms with E-state index in [2.05, 4.69) is 19.8 Å². The molecule has 3 aromatic heterocycles. The number of anilines is 1. The van der Waals surface area contributed by atoms with E-state index >= 15 is 0 Å². The molecule has 0 saturated carbocycles. The lowest BCUT2D eigenvalue weighted by molar-refractivity contribution is 0.442. The SMILES string of the molecule is Cc1noc2ncc(S(=O)(=O)Nc3ccccc3Sc3nccn3C)cc12. The first-order chi connectivity index (χ1) is 12.9. The minimum absolute atomic E-state index is 0.0399. The highest BCUT2D eigenvalue weighted by molar-refractivity contribution is 7.99. The van der Waals surface area contributed by atoms with Gasteiger partial charge in [-0.15, -0.1) is 0 Å². The fraction of sp³-hybridized carbons (Fsp3) is 0.118. The maximum absolute atomic E-state index is 12.9. The Kier molecular flexibility index (Phi) is 4.36. The summed E-state index contributed by atoms with van der Waals surface area (Å²) in [5, 5.41) is 5.12. The standard InChI is InChI=1S/C17H15N5O3S2/c1-11-13-9-12(10-19-16(13)25-20-11)27(23,24)21-14-5-3-4-6-15(14)26-17-18-7-8-22(17)2/h3-10,21H,1-2H3. The second-order valence-corrected chi connectivity index (χ2v) is 8.51. The molecule has 0 radical (unpaired) electrons. The number of para-hydroxylation sites is 1. The number of rotatable bonds is 5. The molecule has 10 heteroatoms. The predicted octanol–water partition coefficient (Wildman–Crippen LogP) is 3.22. The molecule has 0 saturated heterocycles. The van der Waals surface area contributed by atoms with Crippen LogP contribution < -0.4 is 4.72 Å². The van der Waals surface area contributed by atoms with Crippen molar-refractivity contribution >= 4 is 38.6 Å². The van der Waals surface area contributed by atoms with Gasteiger partial charge >= 0.3 is 0 Å². The van der Waals surface area contributed by atoms with Crippen LogP contribution in [0.3, 0.4) is 0 Å². The van der Waals surface area contributed by atoms with E-state index < -0.39 is 10.0 Å². The van der Waals surface area contributed by atoms with Gasteiger partial charge in [0.1, 0.15) is 4.90 Å². The second kappa shape index (κ2) is 6.71. The molecule has 0 unspecified atom stereocenters. The zero-order valence-electron chi connectivity index (χ0n) is 14.4. The van der Waals surface area contributed by atoms with Crippen LogP contribution in [0.4, 0.5) is 5.69 Å². The number of sulfonamides is 1. The van der Waals surface area contributed by atoms with Crippen molar-refractivity contribution in [2.45, 2.75) is 21.9 Å². The largest absolute Gasteiger partial charge is 0.336 e. The Balaban J connectivity index is 1.68. The number of nitrogens with one attached hydrogen (secondary N) is 1. The predicted molar refractivity (Wildman–Crippen MR) is 101 cm³/mol. The molecular weight excluding hydrogens is 386 g/mol. The molecular formula is C17H15N5O3S2. The molecule has 0 bridgehead atoms. The summed E-state index contributed by atoms with van der Waals surface area (Å²) in [5.74, 6) is 0. The van der Waals surface area contributed by atoms with Gasteiger partial charge in [-0.05, 0) is 36.9 Å². The number of benzene rings is 1. The molecule has 4 aromatic rings. The minimum atomic E-state index is -3.83. The van der Waals surface area contributed by atoms with Gasteiger partial charge in [-0.3, -0.25) is 4.72 Å². The molecule has 0 spiro atoms. The van der Waals surface area contributed by atoms with Crippen LogP contribution in [-0.4, -0.2) is 28.1 Å². The van der Waals surface area contributed by atoms with Crippen molar-refractivity contribution < 1.29 is 12.9 Å². The van der Waals surface area contributed by atoms with Crippen LogP contribution in [0.25, 0.3) is 11.1 Å². The number of hydrogen-bond donors (Lipinski definition) is 1. The number of imidazole rings is 1. The number of aromatic nitrogens is 4. The van der Waals surface area contributed by atoms with Gasteiger partial charge in [-0.1, -0.05) is 17.3 Å². The van der Waals surface area contributed by atoms with Crippen LogP contribution in [0.2, 0.25) is 0 Å². The van der Waals surface area contributed by atoms with Crippen molar-refractivity contribution in [3.63, 3.8) is 0 Å². The van der Waals surface area contributed by atoms with Gasteiger partial charge in [0.25, 0.3) is 15.7 Å². The fourth-order valence-electron chi connectivity index (χ4n) is 2.47. The van der Waals surface area contributed by atoms with Crippen molar-refractivity contribution in [2.24, 2.45) is 7.05 Å². The van der Waals surface area contributed by atoms with E-state index in [1.807, 2.05) is 29.9 Å². The van der Waals surface area contributed by atoms with E-state index in [0.717, 1.165) is 10.1 Å². The number of nitrogens with zero attached hydrogens (tertiary/aromatic N) is 4. The average Bonchev–Trinajstić information content (AvgIpc) is 3.22. The molecule has 0 atom stereocenters. The first kappa shape index (κ1) is 17.6. The average molecular weight is 401 g/mol. The summed E-state index contributed by atoms with van der Waals surface area (Å²) in [6, 6.07) is 8.66. The van der Waals surface area contributed by atoms with E-state index in [9.17, 15) is 8.42 Å². The van der Waals surface area contributed by atoms with Crippen LogP contribution in [0.1, 0.15) is 5.69 Å². The molecule has 27 heavy (non-hydrogen) atoms. The third-order valence-corrected chi connectivity index (χ3v) is 6.39. The van der Waals surface area contributed by atoms with Crippen molar-refractivity contribution in [2.75, 3.05) is 4.72 Å². The van der Waals surface area contributed by atoms with Crippen LogP contribution >= 0.6 is 11.8 Å². The van der Waals surface area contributed by atoms with Crippen molar-refractivity contribution in [3.8, 4) is 0 Å². The summed E-state index contributed by atoms with van der Waals surface area (Å²) in [6.45, 7) is 1.73. The Morgan fingerprint density at radius 3 is 2.81 bits per heavy atom. The van der Waals surface area contributed by atoms with Gasteiger partial charge in [0.15, 0.2) is 5.16 Å². The normalized spacial score (nSPS) is 11.8. The summed E-state index contributed by atoms with van der Waals surface area (Å²) in [7, 11) is -1.95. The summed E-state index contributed by atoms with van der Waals surface area (Å²) in [6.07, 6.45) is 4.78. The lowest BCUT2D eigenvalue weighted by Gasteiger charge is -2.12. The van der Waals surface area contributed by atoms with Crippen LogP contribution in [-0.2, 0) is 17.1 Å². The van der Waals surface area contributed by atoms with Crippen molar-refractivity contribution in [1.82, 2.24) is 19.7 Å². The quantitative estimate of drug-likeness (QED) is 0.548. The number of hydrogen-bond acceptors (Lipinski definition) is 7. The molecule has 0 aliphatic carbocycles. The maximum atomic E-state index is 12.9.